The van der Waals surface area contributed by atoms with E-state index in [1.807, 2.05) is 42.5 Å². The van der Waals surface area contributed by atoms with Crippen molar-refractivity contribution in [3.63, 3.8) is 0 Å². The van der Waals surface area contributed by atoms with Crippen LogP contribution in [-0.4, -0.2) is 17.1 Å². The first-order valence-corrected chi connectivity index (χ1v) is 7.69. The van der Waals surface area contributed by atoms with Crippen LogP contribution in [0.15, 0.2) is 42.5 Å². The Morgan fingerprint density at radius 3 is 2.50 bits per heavy atom. The lowest BCUT2D eigenvalue weighted by molar-refractivity contribution is -0.0457. The monoisotopic (exact) mass is 317 g/mol. The van der Waals surface area contributed by atoms with Gasteiger partial charge in [0, 0.05) is 22.7 Å². The van der Waals surface area contributed by atoms with Crippen LogP contribution in [0.1, 0.15) is 36.8 Å². The zero-order valence-corrected chi connectivity index (χ0v) is 13.8. The zero-order valence-electron chi connectivity index (χ0n) is 13.0. The minimum atomic E-state index is -0.621. The van der Waals surface area contributed by atoms with Gasteiger partial charge >= 0.3 is 0 Å². The Morgan fingerprint density at radius 2 is 1.86 bits per heavy atom. The molecule has 116 valence electrons. The topological polar surface area (TPSA) is 32.7 Å². The summed E-state index contributed by atoms with van der Waals surface area (Å²) < 4.78 is 5.19. The highest BCUT2D eigenvalue weighted by molar-refractivity contribution is 6.30. The van der Waals surface area contributed by atoms with Crippen LogP contribution in [0, 0.1) is 0 Å². The summed E-state index contributed by atoms with van der Waals surface area (Å²) in [5, 5.41) is 11.4. The summed E-state index contributed by atoms with van der Waals surface area (Å²) in [6.07, 6.45) is -0.621. The summed E-state index contributed by atoms with van der Waals surface area (Å²) in [6.45, 7) is 4.88. The first kappa shape index (κ1) is 15.3. The molecule has 0 spiro atoms. The normalized spacial score (nSPS) is 20.0. The number of fused-ring (bicyclic) bond motifs is 1. The van der Waals surface area contributed by atoms with Gasteiger partial charge in [0.15, 0.2) is 0 Å². The third-order valence-corrected chi connectivity index (χ3v) is 4.71. The van der Waals surface area contributed by atoms with E-state index in [4.69, 9.17) is 16.3 Å². The number of halogens is 1. The van der Waals surface area contributed by atoms with Gasteiger partial charge in [0.2, 0.25) is 0 Å². The van der Waals surface area contributed by atoms with Crippen molar-refractivity contribution in [1.29, 1.82) is 0 Å². The van der Waals surface area contributed by atoms with Gasteiger partial charge in [0.25, 0.3) is 0 Å². The smallest absolute Gasteiger partial charge is 0.134 e. The van der Waals surface area contributed by atoms with E-state index in [0.29, 0.717) is 11.6 Å². The van der Waals surface area contributed by atoms with Crippen molar-refractivity contribution in [2.45, 2.75) is 32.2 Å². The summed E-state index contributed by atoms with van der Waals surface area (Å²) >= 11 is 6.13. The molecule has 1 heterocycles. The Balaban J connectivity index is 1.91. The molecular weight excluding hydrogens is 298 g/mol. The van der Waals surface area contributed by atoms with Crippen molar-refractivity contribution in [1.82, 2.24) is 4.90 Å². The molecule has 3 rings (SSSR count). The van der Waals surface area contributed by atoms with Gasteiger partial charge in [0.05, 0.1) is 7.11 Å². The summed E-state index contributed by atoms with van der Waals surface area (Å²) in [5.41, 5.74) is 2.87. The van der Waals surface area contributed by atoms with Crippen LogP contribution in [0.3, 0.4) is 0 Å². The minimum Gasteiger partial charge on any atom is -0.497 e. The molecule has 0 fully saturated rings. The zero-order chi connectivity index (χ0) is 15.9. The fourth-order valence-electron chi connectivity index (χ4n) is 3.12. The summed E-state index contributed by atoms with van der Waals surface area (Å²) in [7, 11) is 1.66. The molecule has 0 aromatic heterocycles. The van der Waals surface area contributed by atoms with Gasteiger partial charge in [-0.05, 0) is 49.2 Å². The molecule has 1 aliphatic rings. The second-order valence-corrected chi connectivity index (χ2v) is 6.58. The predicted octanol–water partition coefficient (Wildman–Crippen LogP) is 4.09. The van der Waals surface area contributed by atoms with Gasteiger partial charge < -0.3 is 9.84 Å². The maximum absolute atomic E-state index is 10.7. The summed E-state index contributed by atoms with van der Waals surface area (Å²) in [4.78, 5) is 2.08. The highest BCUT2D eigenvalue weighted by Gasteiger charge is 2.43. The molecule has 1 aliphatic heterocycles. The van der Waals surface area contributed by atoms with E-state index < -0.39 is 6.23 Å². The summed E-state index contributed by atoms with van der Waals surface area (Å²) in [5.74, 6) is 0.833. The van der Waals surface area contributed by atoms with Gasteiger partial charge in [-0.1, -0.05) is 29.8 Å². The SMILES string of the molecule is COc1ccc(CN2C(O)c3ccc(Cl)cc3C2(C)C)cc1. The van der Waals surface area contributed by atoms with Gasteiger partial charge in [-0.2, -0.15) is 0 Å². The van der Waals surface area contributed by atoms with E-state index >= 15 is 0 Å². The van der Waals surface area contributed by atoms with Crippen LogP contribution in [0.25, 0.3) is 0 Å². The Hall–Kier alpha value is -1.55. The molecule has 2 aromatic rings. The van der Waals surface area contributed by atoms with Crippen molar-refractivity contribution < 1.29 is 9.84 Å². The molecule has 3 nitrogen and oxygen atoms in total. The van der Waals surface area contributed by atoms with E-state index in [-0.39, 0.29) is 5.54 Å². The van der Waals surface area contributed by atoms with Gasteiger partial charge in [-0.25, -0.2) is 0 Å². The third kappa shape index (κ3) is 2.50. The number of hydrogen-bond donors (Lipinski definition) is 1. The van der Waals surface area contributed by atoms with E-state index in [1.165, 1.54) is 0 Å². The first-order valence-electron chi connectivity index (χ1n) is 7.31. The predicted molar refractivity (Wildman–Crippen MR) is 88.0 cm³/mol. The van der Waals surface area contributed by atoms with Crippen LogP contribution >= 0.6 is 11.6 Å². The molecule has 1 atom stereocenters. The van der Waals surface area contributed by atoms with Crippen molar-refractivity contribution in [2.24, 2.45) is 0 Å². The second kappa shape index (κ2) is 5.58. The molecule has 1 N–H and O–H groups in total. The number of aliphatic hydroxyl groups is 1. The maximum Gasteiger partial charge on any atom is 0.134 e. The van der Waals surface area contributed by atoms with Crippen molar-refractivity contribution in [3.8, 4) is 5.75 Å². The molecule has 0 bridgehead atoms. The van der Waals surface area contributed by atoms with Crippen LogP contribution in [0.2, 0.25) is 5.02 Å². The third-order valence-electron chi connectivity index (χ3n) is 4.48. The number of ether oxygens (including phenoxy) is 1. The van der Waals surface area contributed by atoms with E-state index in [9.17, 15) is 5.11 Å². The Labute approximate surface area is 136 Å². The lowest BCUT2D eigenvalue weighted by atomic mass is 9.93. The molecule has 0 amide bonds. The Kier molecular flexibility index (Phi) is 3.89. The number of hydrogen-bond acceptors (Lipinski definition) is 3. The Bertz CT molecular complexity index is 682. The summed E-state index contributed by atoms with van der Waals surface area (Å²) in [6, 6.07) is 13.6. The largest absolute Gasteiger partial charge is 0.497 e. The molecule has 0 saturated heterocycles. The molecule has 1 unspecified atom stereocenters. The highest BCUT2D eigenvalue weighted by atomic mass is 35.5. The quantitative estimate of drug-likeness (QED) is 0.925. The number of methoxy groups -OCH3 is 1. The fourth-order valence-corrected chi connectivity index (χ4v) is 3.30. The number of nitrogens with zero attached hydrogens (tertiary/aromatic N) is 1. The lowest BCUT2D eigenvalue weighted by Gasteiger charge is -2.34. The maximum atomic E-state index is 10.7. The van der Waals surface area contributed by atoms with E-state index in [1.54, 1.807) is 7.11 Å². The lowest BCUT2D eigenvalue weighted by Crippen LogP contribution is -2.37. The minimum absolute atomic E-state index is 0.278. The van der Waals surface area contributed by atoms with E-state index in [2.05, 4.69) is 18.7 Å². The van der Waals surface area contributed by atoms with Crippen LogP contribution in [-0.2, 0) is 12.1 Å². The molecule has 2 aromatic carbocycles. The number of benzene rings is 2. The van der Waals surface area contributed by atoms with Gasteiger partial charge in [-0.15, -0.1) is 0 Å². The van der Waals surface area contributed by atoms with E-state index in [0.717, 1.165) is 22.4 Å². The molecule has 22 heavy (non-hydrogen) atoms. The molecule has 0 radical (unpaired) electrons. The van der Waals surface area contributed by atoms with Gasteiger partial charge in [-0.3, -0.25) is 4.90 Å². The van der Waals surface area contributed by atoms with Gasteiger partial charge in [0.1, 0.15) is 12.0 Å². The molecule has 0 saturated carbocycles. The number of aliphatic hydroxyl groups excluding tert-OH is 1. The Morgan fingerprint density at radius 1 is 1.18 bits per heavy atom. The molecule has 0 aliphatic carbocycles. The number of rotatable bonds is 3. The van der Waals surface area contributed by atoms with Crippen LogP contribution < -0.4 is 4.74 Å². The van der Waals surface area contributed by atoms with Crippen molar-refractivity contribution in [3.05, 3.63) is 64.2 Å². The second-order valence-electron chi connectivity index (χ2n) is 6.14. The fraction of sp³-hybridized carbons (Fsp3) is 0.333. The standard InChI is InChI=1S/C18H20ClNO2/c1-18(2)16-10-13(19)6-9-15(16)17(21)20(18)11-12-4-7-14(22-3)8-5-12/h4-10,17,21H,11H2,1-3H3. The van der Waals surface area contributed by atoms with Crippen LogP contribution in [0.4, 0.5) is 0 Å². The molecule has 4 heteroatoms. The van der Waals surface area contributed by atoms with Crippen molar-refractivity contribution in [2.75, 3.05) is 7.11 Å². The van der Waals surface area contributed by atoms with Crippen LogP contribution in [0.5, 0.6) is 5.75 Å². The van der Waals surface area contributed by atoms with Crippen molar-refractivity contribution >= 4 is 11.6 Å². The molecular formula is C18H20ClNO2. The highest BCUT2D eigenvalue weighted by Crippen LogP contribution is 2.46. The average molecular weight is 318 g/mol. The average Bonchev–Trinajstić information content (AvgIpc) is 2.69. The first-order chi connectivity index (χ1) is 10.4.